The Morgan fingerprint density at radius 1 is 1.46 bits per heavy atom. The molecule has 1 saturated heterocycles. The van der Waals surface area contributed by atoms with Crippen LogP contribution in [0.1, 0.15) is 57.3 Å². The van der Waals surface area contributed by atoms with Crippen molar-refractivity contribution >= 4 is 11.8 Å². The first kappa shape index (κ1) is 18.3. The third-order valence-electron chi connectivity index (χ3n) is 4.34. The third kappa shape index (κ3) is 3.71. The summed E-state index contributed by atoms with van der Waals surface area (Å²) in [6, 6.07) is 0.203. The second-order valence-electron chi connectivity index (χ2n) is 6.66. The molecule has 0 amide bonds. The molecular weight excluding hydrogens is 310 g/mol. The minimum absolute atomic E-state index is 0.140. The van der Waals surface area contributed by atoms with Crippen LogP contribution in [-0.4, -0.2) is 40.0 Å². The van der Waals surface area contributed by atoms with Gasteiger partial charge in [-0.05, 0) is 39.0 Å². The summed E-state index contributed by atoms with van der Waals surface area (Å²) >= 11 is 0. The summed E-state index contributed by atoms with van der Waals surface area (Å²) in [7, 11) is 0. The van der Waals surface area contributed by atoms with E-state index in [1.54, 1.807) is 6.92 Å². The van der Waals surface area contributed by atoms with E-state index >= 15 is 0 Å². The molecule has 1 unspecified atom stereocenters. The van der Waals surface area contributed by atoms with Gasteiger partial charge in [-0.3, -0.25) is 4.79 Å². The van der Waals surface area contributed by atoms with Crippen molar-refractivity contribution in [2.75, 3.05) is 18.1 Å². The Bertz CT molecular complexity index is 654. The molecule has 0 radical (unpaired) electrons. The van der Waals surface area contributed by atoms with Crippen LogP contribution in [0.25, 0.3) is 0 Å². The van der Waals surface area contributed by atoms with E-state index in [0.29, 0.717) is 18.3 Å². The van der Waals surface area contributed by atoms with Crippen LogP contribution < -0.4 is 10.5 Å². The van der Waals surface area contributed by atoms with E-state index in [1.165, 1.54) is 4.68 Å². The summed E-state index contributed by atoms with van der Waals surface area (Å²) in [5.41, 5.74) is -0.910. The molecule has 24 heavy (non-hydrogen) atoms. The fourth-order valence-corrected chi connectivity index (χ4v) is 2.91. The molecule has 2 rings (SSSR count). The Kier molecular flexibility index (Phi) is 5.85. The summed E-state index contributed by atoms with van der Waals surface area (Å²) in [6.45, 7) is 9.10. The minimum Gasteiger partial charge on any atom is -0.503 e. The van der Waals surface area contributed by atoms with Gasteiger partial charge in [0.1, 0.15) is 0 Å². The maximum Gasteiger partial charge on any atom is 0.347 e. The number of hydrogen-bond donors (Lipinski definition) is 1. The predicted molar refractivity (Wildman–Crippen MR) is 91.6 cm³/mol. The van der Waals surface area contributed by atoms with E-state index in [2.05, 4.69) is 18.9 Å². The van der Waals surface area contributed by atoms with Crippen LogP contribution >= 0.6 is 0 Å². The SMILES string of the molecule is CCOC(=O)c1c(O)c(N2CCCC2C)nn(CCC(C)C)c1=O. The Hall–Kier alpha value is -2.05. The summed E-state index contributed by atoms with van der Waals surface area (Å²) in [5.74, 6) is -0.471. The largest absolute Gasteiger partial charge is 0.503 e. The number of aromatic nitrogens is 2. The molecule has 0 saturated carbocycles. The van der Waals surface area contributed by atoms with Crippen molar-refractivity contribution in [3.63, 3.8) is 0 Å². The van der Waals surface area contributed by atoms with Crippen molar-refractivity contribution in [3.8, 4) is 5.75 Å². The lowest BCUT2D eigenvalue weighted by Gasteiger charge is -2.24. The number of esters is 1. The molecule has 1 aromatic rings. The zero-order chi connectivity index (χ0) is 17.9. The van der Waals surface area contributed by atoms with E-state index in [4.69, 9.17) is 4.74 Å². The van der Waals surface area contributed by atoms with Gasteiger partial charge in [-0.2, -0.15) is 0 Å². The summed E-state index contributed by atoms with van der Waals surface area (Å²) in [4.78, 5) is 26.7. The zero-order valence-electron chi connectivity index (χ0n) is 14.9. The van der Waals surface area contributed by atoms with Gasteiger partial charge in [0.15, 0.2) is 17.1 Å². The van der Waals surface area contributed by atoms with Crippen molar-refractivity contribution < 1.29 is 14.6 Å². The number of nitrogens with zero attached hydrogens (tertiary/aromatic N) is 3. The second kappa shape index (κ2) is 7.68. The first-order chi connectivity index (χ1) is 11.4. The number of carbonyl (C=O) groups excluding carboxylic acids is 1. The van der Waals surface area contributed by atoms with Crippen LogP contribution in [0.4, 0.5) is 5.82 Å². The van der Waals surface area contributed by atoms with Crippen LogP contribution in [0, 0.1) is 5.92 Å². The topological polar surface area (TPSA) is 84.7 Å². The predicted octanol–water partition coefficient (Wildman–Crippen LogP) is 2.16. The molecule has 7 nitrogen and oxygen atoms in total. The number of rotatable bonds is 6. The summed E-state index contributed by atoms with van der Waals surface area (Å²) in [5, 5.41) is 14.9. The number of ether oxygens (including phenoxy) is 1. The molecule has 1 N–H and O–H groups in total. The lowest BCUT2D eigenvalue weighted by molar-refractivity contribution is 0.0519. The first-order valence-electron chi connectivity index (χ1n) is 8.64. The van der Waals surface area contributed by atoms with Crippen molar-refractivity contribution in [1.82, 2.24) is 9.78 Å². The molecule has 1 aromatic heterocycles. The first-order valence-corrected chi connectivity index (χ1v) is 8.64. The van der Waals surface area contributed by atoms with Gasteiger partial charge in [-0.1, -0.05) is 13.8 Å². The maximum atomic E-state index is 12.6. The summed E-state index contributed by atoms with van der Waals surface area (Å²) < 4.78 is 6.24. The second-order valence-corrected chi connectivity index (χ2v) is 6.66. The highest BCUT2D eigenvalue weighted by atomic mass is 16.5. The van der Waals surface area contributed by atoms with Crippen LogP contribution in [0.15, 0.2) is 4.79 Å². The quantitative estimate of drug-likeness (QED) is 0.801. The Labute approximate surface area is 142 Å². The van der Waals surface area contributed by atoms with Gasteiger partial charge < -0.3 is 14.7 Å². The Morgan fingerprint density at radius 3 is 2.71 bits per heavy atom. The number of carbonyl (C=O) groups is 1. The third-order valence-corrected chi connectivity index (χ3v) is 4.34. The molecule has 0 aromatic carbocycles. The average Bonchev–Trinajstić information content (AvgIpc) is 2.93. The molecule has 1 aliphatic heterocycles. The highest BCUT2D eigenvalue weighted by Crippen LogP contribution is 2.32. The van der Waals surface area contributed by atoms with E-state index < -0.39 is 11.5 Å². The molecular formula is C17H27N3O4. The molecule has 0 spiro atoms. The molecule has 1 fully saturated rings. The summed E-state index contributed by atoms with van der Waals surface area (Å²) in [6.07, 6.45) is 2.73. The standard InChI is InChI=1S/C17H27N3O4/c1-5-24-17(23)13-14(21)15(19-9-6-7-12(19)4)18-20(16(13)22)10-8-11(2)3/h11-12,21H,5-10H2,1-4H3. The normalized spacial score (nSPS) is 17.5. The lowest BCUT2D eigenvalue weighted by atomic mass is 10.1. The van der Waals surface area contributed by atoms with Gasteiger partial charge in [-0.15, -0.1) is 5.10 Å². The molecule has 1 atom stereocenters. The van der Waals surface area contributed by atoms with Gasteiger partial charge in [0.2, 0.25) is 0 Å². The van der Waals surface area contributed by atoms with E-state index in [0.717, 1.165) is 25.8 Å². The van der Waals surface area contributed by atoms with Crippen LogP contribution in [-0.2, 0) is 11.3 Å². The highest BCUT2D eigenvalue weighted by Gasteiger charge is 2.30. The smallest absolute Gasteiger partial charge is 0.347 e. The molecule has 2 heterocycles. The maximum absolute atomic E-state index is 12.6. The lowest BCUT2D eigenvalue weighted by Crippen LogP contribution is -2.35. The van der Waals surface area contributed by atoms with E-state index in [1.807, 2.05) is 11.8 Å². The van der Waals surface area contributed by atoms with E-state index in [-0.39, 0.29) is 24.0 Å². The molecule has 0 aliphatic carbocycles. The number of aromatic hydroxyl groups is 1. The average molecular weight is 337 g/mol. The number of aryl methyl sites for hydroxylation is 1. The van der Waals surface area contributed by atoms with Crippen LogP contribution in [0.2, 0.25) is 0 Å². The fraction of sp³-hybridized carbons (Fsp3) is 0.706. The number of anilines is 1. The van der Waals surface area contributed by atoms with Gasteiger partial charge in [0, 0.05) is 19.1 Å². The Morgan fingerprint density at radius 2 is 2.17 bits per heavy atom. The zero-order valence-corrected chi connectivity index (χ0v) is 14.9. The van der Waals surface area contributed by atoms with Gasteiger partial charge in [-0.25, -0.2) is 9.48 Å². The van der Waals surface area contributed by atoms with Crippen LogP contribution in [0.3, 0.4) is 0 Å². The fourth-order valence-electron chi connectivity index (χ4n) is 2.91. The monoisotopic (exact) mass is 337 g/mol. The van der Waals surface area contributed by atoms with Crippen LogP contribution in [0.5, 0.6) is 5.75 Å². The minimum atomic E-state index is -0.797. The molecule has 7 heteroatoms. The van der Waals surface area contributed by atoms with Crippen molar-refractivity contribution in [3.05, 3.63) is 15.9 Å². The van der Waals surface area contributed by atoms with Gasteiger partial charge >= 0.3 is 5.97 Å². The molecule has 134 valence electrons. The Balaban J connectivity index is 2.53. The molecule has 1 aliphatic rings. The number of hydrogen-bond acceptors (Lipinski definition) is 6. The van der Waals surface area contributed by atoms with Crippen molar-refractivity contribution in [2.45, 2.75) is 59.5 Å². The van der Waals surface area contributed by atoms with Gasteiger partial charge in [0.25, 0.3) is 5.56 Å². The van der Waals surface area contributed by atoms with Gasteiger partial charge in [0.05, 0.1) is 6.61 Å². The van der Waals surface area contributed by atoms with Crippen molar-refractivity contribution in [2.24, 2.45) is 5.92 Å². The van der Waals surface area contributed by atoms with Crippen molar-refractivity contribution in [1.29, 1.82) is 0 Å². The van der Waals surface area contributed by atoms with E-state index in [9.17, 15) is 14.7 Å². The highest BCUT2D eigenvalue weighted by molar-refractivity contribution is 5.93. The molecule has 0 bridgehead atoms.